The van der Waals surface area contributed by atoms with Gasteiger partial charge in [0.05, 0.1) is 11.3 Å². The maximum Gasteiger partial charge on any atom is 0.255 e. The molecule has 0 saturated carbocycles. The SMILES string of the molecule is CCN(CC)C(=O)c1cncc(NCCCOC)c1. The Kier molecular flexibility index (Phi) is 6.89. The molecule has 0 fully saturated rings. The van der Waals surface area contributed by atoms with E-state index in [1.54, 1.807) is 24.4 Å². The number of amides is 1. The van der Waals surface area contributed by atoms with Crippen LogP contribution in [0.15, 0.2) is 18.5 Å². The van der Waals surface area contributed by atoms with Gasteiger partial charge in [0.2, 0.25) is 0 Å². The van der Waals surface area contributed by atoms with Crippen molar-refractivity contribution in [2.75, 3.05) is 38.7 Å². The molecule has 19 heavy (non-hydrogen) atoms. The van der Waals surface area contributed by atoms with Gasteiger partial charge in [-0.15, -0.1) is 0 Å². The van der Waals surface area contributed by atoms with Crippen LogP contribution in [0, 0.1) is 0 Å². The average molecular weight is 265 g/mol. The zero-order chi connectivity index (χ0) is 14.1. The fourth-order valence-electron chi connectivity index (χ4n) is 1.80. The molecule has 1 rings (SSSR count). The Morgan fingerprint density at radius 1 is 1.37 bits per heavy atom. The lowest BCUT2D eigenvalue weighted by atomic mass is 10.2. The van der Waals surface area contributed by atoms with Crippen molar-refractivity contribution in [1.29, 1.82) is 0 Å². The van der Waals surface area contributed by atoms with E-state index < -0.39 is 0 Å². The number of nitrogens with zero attached hydrogens (tertiary/aromatic N) is 2. The molecule has 5 nitrogen and oxygen atoms in total. The Balaban J connectivity index is 2.63. The maximum atomic E-state index is 12.2. The number of pyridine rings is 1. The second-order valence-electron chi connectivity index (χ2n) is 4.21. The summed E-state index contributed by atoms with van der Waals surface area (Å²) in [4.78, 5) is 18.1. The molecule has 0 saturated heterocycles. The second-order valence-corrected chi connectivity index (χ2v) is 4.21. The summed E-state index contributed by atoms with van der Waals surface area (Å²) < 4.78 is 4.99. The average Bonchev–Trinajstić information content (AvgIpc) is 2.45. The molecule has 0 aliphatic carbocycles. The molecule has 0 aliphatic rings. The smallest absolute Gasteiger partial charge is 0.255 e. The molecule has 1 aromatic heterocycles. The van der Waals surface area contributed by atoms with E-state index in [1.807, 2.05) is 19.9 Å². The van der Waals surface area contributed by atoms with E-state index in [0.29, 0.717) is 18.7 Å². The van der Waals surface area contributed by atoms with Crippen LogP contribution in [-0.2, 0) is 4.74 Å². The van der Waals surface area contributed by atoms with Gasteiger partial charge in [0, 0.05) is 45.7 Å². The van der Waals surface area contributed by atoms with Gasteiger partial charge in [-0.05, 0) is 26.3 Å². The van der Waals surface area contributed by atoms with E-state index in [1.165, 1.54) is 0 Å². The predicted molar refractivity (Wildman–Crippen MR) is 76.5 cm³/mol. The molecule has 0 aliphatic heterocycles. The highest BCUT2D eigenvalue weighted by molar-refractivity contribution is 5.94. The van der Waals surface area contributed by atoms with Crippen molar-refractivity contribution in [3.05, 3.63) is 24.0 Å². The van der Waals surface area contributed by atoms with Gasteiger partial charge in [-0.25, -0.2) is 0 Å². The molecule has 1 heterocycles. The highest BCUT2D eigenvalue weighted by Gasteiger charge is 2.12. The number of rotatable bonds is 8. The molecule has 0 radical (unpaired) electrons. The number of carbonyl (C=O) groups excluding carboxylic acids is 1. The third-order valence-electron chi connectivity index (χ3n) is 2.89. The Labute approximate surface area is 115 Å². The minimum atomic E-state index is 0.0260. The van der Waals surface area contributed by atoms with E-state index in [9.17, 15) is 4.79 Å². The Morgan fingerprint density at radius 2 is 2.11 bits per heavy atom. The normalized spacial score (nSPS) is 10.3. The molecule has 5 heteroatoms. The van der Waals surface area contributed by atoms with Crippen LogP contribution in [0.3, 0.4) is 0 Å². The lowest BCUT2D eigenvalue weighted by Crippen LogP contribution is -2.30. The summed E-state index contributed by atoms with van der Waals surface area (Å²) in [5, 5.41) is 3.24. The Bertz CT molecular complexity index is 392. The van der Waals surface area contributed by atoms with Crippen LogP contribution in [0.2, 0.25) is 0 Å². The number of carbonyl (C=O) groups is 1. The van der Waals surface area contributed by atoms with Crippen LogP contribution in [-0.4, -0.2) is 49.1 Å². The molecule has 0 bridgehead atoms. The van der Waals surface area contributed by atoms with Gasteiger partial charge in [0.1, 0.15) is 0 Å². The molecular weight excluding hydrogens is 242 g/mol. The summed E-state index contributed by atoms with van der Waals surface area (Å²) in [6.07, 6.45) is 4.26. The van der Waals surface area contributed by atoms with Crippen LogP contribution in [0.4, 0.5) is 5.69 Å². The van der Waals surface area contributed by atoms with Gasteiger partial charge < -0.3 is 15.0 Å². The third kappa shape index (κ3) is 4.87. The zero-order valence-corrected chi connectivity index (χ0v) is 12.0. The number of ether oxygens (including phenoxy) is 1. The molecular formula is C14H23N3O2. The Hall–Kier alpha value is -1.62. The number of anilines is 1. The van der Waals surface area contributed by atoms with Gasteiger partial charge >= 0.3 is 0 Å². The molecule has 0 atom stereocenters. The summed E-state index contributed by atoms with van der Waals surface area (Å²) in [5.41, 5.74) is 1.49. The van der Waals surface area contributed by atoms with Gasteiger partial charge in [-0.3, -0.25) is 9.78 Å². The first-order chi connectivity index (χ1) is 9.22. The fourth-order valence-corrected chi connectivity index (χ4v) is 1.80. The summed E-state index contributed by atoms with van der Waals surface area (Å²) in [5.74, 6) is 0.0260. The minimum absolute atomic E-state index is 0.0260. The molecule has 1 N–H and O–H groups in total. The minimum Gasteiger partial charge on any atom is -0.385 e. The van der Waals surface area contributed by atoms with Gasteiger partial charge in [0.25, 0.3) is 5.91 Å². The predicted octanol–water partition coefficient (Wildman–Crippen LogP) is 2.01. The summed E-state index contributed by atoms with van der Waals surface area (Å²) in [6.45, 7) is 6.89. The van der Waals surface area contributed by atoms with Crippen LogP contribution in [0.1, 0.15) is 30.6 Å². The molecule has 0 unspecified atom stereocenters. The van der Waals surface area contributed by atoms with Crippen LogP contribution in [0.25, 0.3) is 0 Å². The summed E-state index contributed by atoms with van der Waals surface area (Å²) in [6, 6.07) is 1.85. The first kappa shape index (κ1) is 15.4. The van der Waals surface area contributed by atoms with Gasteiger partial charge in [-0.1, -0.05) is 0 Å². The molecule has 106 valence electrons. The lowest BCUT2D eigenvalue weighted by Gasteiger charge is -2.18. The van der Waals surface area contributed by atoms with Crippen molar-refractivity contribution >= 4 is 11.6 Å². The Morgan fingerprint density at radius 3 is 2.74 bits per heavy atom. The third-order valence-corrected chi connectivity index (χ3v) is 2.89. The quantitative estimate of drug-likeness (QED) is 0.731. The molecule has 0 aromatic carbocycles. The van der Waals surface area contributed by atoms with E-state index in [2.05, 4.69) is 10.3 Å². The van der Waals surface area contributed by atoms with Gasteiger partial charge in [-0.2, -0.15) is 0 Å². The standard InChI is InChI=1S/C14H23N3O2/c1-4-17(5-2)14(18)12-9-13(11-15-10-12)16-7-6-8-19-3/h9-11,16H,4-8H2,1-3H3. The number of hydrogen-bond acceptors (Lipinski definition) is 4. The fraction of sp³-hybridized carbons (Fsp3) is 0.571. The highest BCUT2D eigenvalue weighted by atomic mass is 16.5. The number of nitrogens with one attached hydrogen (secondary N) is 1. The monoisotopic (exact) mass is 265 g/mol. The summed E-state index contributed by atoms with van der Waals surface area (Å²) in [7, 11) is 1.69. The van der Waals surface area contributed by atoms with Crippen LogP contribution < -0.4 is 5.32 Å². The van der Waals surface area contributed by atoms with Crippen molar-refractivity contribution in [3.63, 3.8) is 0 Å². The van der Waals surface area contributed by atoms with Crippen LogP contribution >= 0.6 is 0 Å². The number of methoxy groups -OCH3 is 1. The van der Waals surface area contributed by atoms with Crippen molar-refractivity contribution in [2.24, 2.45) is 0 Å². The van der Waals surface area contributed by atoms with E-state index in [4.69, 9.17) is 4.74 Å². The van der Waals surface area contributed by atoms with Crippen molar-refractivity contribution < 1.29 is 9.53 Å². The van der Waals surface area contributed by atoms with Crippen molar-refractivity contribution in [1.82, 2.24) is 9.88 Å². The zero-order valence-electron chi connectivity index (χ0n) is 12.0. The topological polar surface area (TPSA) is 54.5 Å². The first-order valence-electron chi connectivity index (χ1n) is 6.70. The van der Waals surface area contributed by atoms with E-state index in [-0.39, 0.29) is 5.91 Å². The number of aromatic nitrogens is 1. The van der Waals surface area contributed by atoms with E-state index >= 15 is 0 Å². The largest absolute Gasteiger partial charge is 0.385 e. The highest BCUT2D eigenvalue weighted by Crippen LogP contribution is 2.10. The van der Waals surface area contributed by atoms with Crippen LogP contribution in [0.5, 0.6) is 0 Å². The van der Waals surface area contributed by atoms with Gasteiger partial charge in [0.15, 0.2) is 0 Å². The lowest BCUT2D eigenvalue weighted by molar-refractivity contribution is 0.0772. The summed E-state index contributed by atoms with van der Waals surface area (Å²) >= 11 is 0. The van der Waals surface area contributed by atoms with Crippen molar-refractivity contribution in [2.45, 2.75) is 20.3 Å². The number of hydrogen-bond donors (Lipinski definition) is 1. The maximum absolute atomic E-state index is 12.2. The molecule has 1 aromatic rings. The van der Waals surface area contributed by atoms with Crippen molar-refractivity contribution in [3.8, 4) is 0 Å². The second kappa shape index (κ2) is 8.48. The molecule has 0 spiro atoms. The molecule has 1 amide bonds. The first-order valence-corrected chi connectivity index (χ1v) is 6.70. The van der Waals surface area contributed by atoms with E-state index in [0.717, 1.165) is 25.3 Å².